The van der Waals surface area contributed by atoms with Crippen LogP contribution in [0.4, 0.5) is 0 Å². The third-order valence-electron chi connectivity index (χ3n) is 4.62. The molecule has 27 heavy (non-hydrogen) atoms. The van der Waals surface area contributed by atoms with E-state index >= 15 is 0 Å². The Labute approximate surface area is 166 Å². The van der Waals surface area contributed by atoms with Gasteiger partial charge in [0.2, 0.25) is 15.9 Å². The van der Waals surface area contributed by atoms with E-state index in [0.717, 1.165) is 9.86 Å². The Hall–Kier alpha value is -2.03. The first kappa shape index (κ1) is 18.3. The SMILES string of the molecule is O=S(=O)(c1cccc2cccnc12)N1CCC(Oc2ncccc2Br)CC1. The number of piperidine rings is 1. The number of nitrogens with zero attached hydrogens (tertiary/aromatic N) is 3. The number of halogens is 1. The van der Waals surface area contributed by atoms with Gasteiger partial charge in [-0.05, 0) is 53.0 Å². The summed E-state index contributed by atoms with van der Waals surface area (Å²) in [5.74, 6) is 0.539. The standard InChI is InChI=1S/C19H18BrN3O3S/c20-16-6-3-11-22-19(16)26-15-8-12-23(13-9-15)27(24,25)17-7-1-4-14-5-2-10-21-18(14)17/h1-7,10-11,15H,8-9,12-13H2. The van der Waals surface area contributed by atoms with E-state index in [2.05, 4.69) is 25.9 Å². The summed E-state index contributed by atoms with van der Waals surface area (Å²) in [6.07, 6.45) is 4.45. The highest BCUT2D eigenvalue weighted by Crippen LogP contribution is 2.28. The van der Waals surface area contributed by atoms with Crippen molar-refractivity contribution in [3.8, 4) is 5.88 Å². The molecule has 8 heteroatoms. The van der Waals surface area contributed by atoms with Crippen LogP contribution in [-0.4, -0.2) is 41.9 Å². The van der Waals surface area contributed by atoms with Crippen LogP contribution in [0.1, 0.15) is 12.8 Å². The maximum Gasteiger partial charge on any atom is 0.245 e. The second kappa shape index (κ2) is 7.53. The van der Waals surface area contributed by atoms with Crippen LogP contribution in [0.15, 0.2) is 64.2 Å². The van der Waals surface area contributed by atoms with Crippen LogP contribution in [0.5, 0.6) is 5.88 Å². The van der Waals surface area contributed by atoms with Crippen molar-refractivity contribution in [1.29, 1.82) is 0 Å². The Morgan fingerprint density at radius 2 is 1.70 bits per heavy atom. The maximum absolute atomic E-state index is 13.1. The van der Waals surface area contributed by atoms with Gasteiger partial charge < -0.3 is 4.74 Å². The summed E-state index contributed by atoms with van der Waals surface area (Å²) in [7, 11) is -3.60. The van der Waals surface area contributed by atoms with Crippen LogP contribution in [0.2, 0.25) is 0 Å². The highest BCUT2D eigenvalue weighted by Gasteiger charge is 2.31. The van der Waals surface area contributed by atoms with E-state index in [1.807, 2.05) is 24.3 Å². The molecular formula is C19H18BrN3O3S. The quantitative estimate of drug-likeness (QED) is 0.610. The fraction of sp³-hybridized carbons (Fsp3) is 0.263. The van der Waals surface area contributed by atoms with Crippen molar-refractivity contribution in [1.82, 2.24) is 14.3 Å². The van der Waals surface area contributed by atoms with Gasteiger partial charge in [0.05, 0.1) is 9.99 Å². The first-order valence-electron chi connectivity index (χ1n) is 8.67. The van der Waals surface area contributed by atoms with E-state index < -0.39 is 10.0 Å². The second-order valence-electron chi connectivity index (χ2n) is 6.34. The highest BCUT2D eigenvalue weighted by molar-refractivity contribution is 9.10. The number of hydrogen-bond donors (Lipinski definition) is 0. The molecule has 0 unspecified atom stereocenters. The molecule has 1 fully saturated rings. The smallest absolute Gasteiger partial charge is 0.245 e. The lowest BCUT2D eigenvalue weighted by molar-refractivity contribution is 0.129. The number of pyridine rings is 2. The maximum atomic E-state index is 13.1. The molecule has 1 aliphatic heterocycles. The zero-order valence-electron chi connectivity index (χ0n) is 14.5. The Kier molecular flexibility index (Phi) is 5.12. The molecule has 0 amide bonds. The Morgan fingerprint density at radius 1 is 1.00 bits per heavy atom. The number of hydrogen-bond acceptors (Lipinski definition) is 5. The molecule has 3 heterocycles. The average molecular weight is 448 g/mol. The van der Waals surface area contributed by atoms with Gasteiger partial charge in [-0.3, -0.25) is 4.98 Å². The topological polar surface area (TPSA) is 72.4 Å². The van der Waals surface area contributed by atoms with Crippen molar-refractivity contribution in [3.05, 3.63) is 59.3 Å². The molecule has 0 bridgehead atoms. The van der Waals surface area contributed by atoms with Crippen molar-refractivity contribution >= 4 is 36.9 Å². The molecule has 3 aromatic rings. The molecule has 6 nitrogen and oxygen atoms in total. The van der Waals surface area contributed by atoms with E-state index in [1.165, 1.54) is 4.31 Å². The van der Waals surface area contributed by atoms with Crippen molar-refractivity contribution in [2.24, 2.45) is 0 Å². The summed E-state index contributed by atoms with van der Waals surface area (Å²) in [6, 6.07) is 12.6. The minimum absolute atomic E-state index is 0.0618. The molecule has 0 saturated carbocycles. The minimum Gasteiger partial charge on any atom is -0.473 e. The van der Waals surface area contributed by atoms with Gasteiger partial charge in [-0.15, -0.1) is 0 Å². The summed E-state index contributed by atoms with van der Waals surface area (Å²) < 4.78 is 34.5. The fourth-order valence-corrected chi connectivity index (χ4v) is 5.21. The summed E-state index contributed by atoms with van der Waals surface area (Å²) in [6.45, 7) is 0.807. The predicted molar refractivity (Wildman–Crippen MR) is 106 cm³/mol. The first-order valence-corrected chi connectivity index (χ1v) is 10.9. The van der Waals surface area contributed by atoms with Crippen molar-refractivity contribution in [2.45, 2.75) is 23.8 Å². The van der Waals surface area contributed by atoms with Gasteiger partial charge in [-0.25, -0.2) is 13.4 Å². The summed E-state index contributed by atoms with van der Waals surface area (Å²) >= 11 is 3.42. The zero-order chi connectivity index (χ0) is 18.9. The fourth-order valence-electron chi connectivity index (χ4n) is 3.23. The van der Waals surface area contributed by atoms with E-state index in [1.54, 1.807) is 30.6 Å². The largest absolute Gasteiger partial charge is 0.473 e. The van der Waals surface area contributed by atoms with Crippen LogP contribution in [0, 0.1) is 0 Å². The van der Waals surface area contributed by atoms with E-state index in [0.29, 0.717) is 37.3 Å². The molecule has 0 radical (unpaired) electrons. The Bertz CT molecular complexity index is 1060. The monoisotopic (exact) mass is 447 g/mol. The third-order valence-corrected chi connectivity index (χ3v) is 7.15. The van der Waals surface area contributed by atoms with Crippen LogP contribution in [-0.2, 0) is 10.0 Å². The van der Waals surface area contributed by atoms with Gasteiger partial charge in [0.15, 0.2) is 0 Å². The molecule has 0 aliphatic carbocycles. The predicted octanol–water partition coefficient (Wildman–Crippen LogP) is 3.62. The van der Waals surface area contributed by atoms with Gasteiger partial charge in [0.1, 0.15) is 11.0 Å². The molecule has 1 aromatic carbocycles. The molecule has 1 saturated heterocycles. The number of sulfonamides is 1. The van der Waals surface area contributed by atoms with Gasteiger partial charge in [0.25, 0.3) is 0 Å². The molecule has 2 aromatic heterocycles. The Morgan fingerprint density at radius 3 is 2.48 bits per heavy atom. The van der Waals surface area contributed by atoms with Crippen LogP contribution >= 0.6 is 15.9 Å². The van der Waals surface area contributed by atoms with E-state index in [-0.39, 0.29) is 11.0 Å². The summed E-state index contributed by atoms with van der Waals surface area (Å²) in [5.41, 5.74) is 0.510. The number of fused-ring (bicyclic) bond motifs is 1. The Balaban J connectivity index is 1.51. The van der Waals surface area contributed by atoms with Gasteiger partial charge in [0, 0.05) is 30.9 Å². The van der Waals surface area contributed by atoms with Gasteiger partial charge in [-0.2, -0.15) is 4.31 Å². The lowest BCUT2D eigenvalue weighted by Crippen LogP contribution is -2.41. The van der Waals surface area contributed by atoms with Crippen molar-refractivity contribution in [2.75, 3.05) is 13.1 Å². The average Bonchev–Trinajstić information content (AvgIpc) is 2.70. The van der Waals surface area contributed by atoms with Crippen LogP contribution < -0.4 is 4.74 Å². The molecule has 0 spiro atoms. The number of rotatable bonds is 4. The number of aromatic nitrogens is 2. The van der Waals surface area contributed by atoms with E-state index in [9.17, 15) is 8.42 Å². The first-order chi connectivity index (χ1) is 13.1. The molecule has 0 N–H and O–H groups in total. The van der Waals surface area contributed by atoms with Crippen molar-refractivity contribution < 1.29 is 13.2 Å². The molecule has 1 aliphatic rings. The molecular weight excluding hydrogens is 430 g/mol. The number of benzene rings is 1. The third kappa shape index (κ3) is 3.69. The summed E-state index contributed by atoms with van der Waals surface area (Å²) in [5, 5.41) is 0.816. The van der Waals surface area contributed by atoms with Crippen LogP contribution in [0.3, 0.4) is 0 Å². The van der Waals surface area contributed by atoms with Crippen molar-refractivity contribution in [3.63, 3.8) is 0 Å². The molecule has 140 valence electrons. The second-order valence-corrected chi connectivity index (χ2v) is 9.10. The lowest BCUT2D eigenvalue weighted by atomic mass is 10.1. The lowest BCUT2D eigenvalue weighted by Gasteiger charge is -2.31. The molecule has 0 atom stereocenters. The number of para-hydroxylation sites is 1. The van der Waals surface area contributed by atoms with Gasteiger partial charge in [-0.1, -0.05) is 18.2 Å². The summed E-state index contributed by atoms with van der Waals surface area (Å²) in [4.78, 5) is 8.75. The minimum atomic E-state index is -3.60. The van der Waals surface area contributed by atoms with Gasteiger partial charge >= 0.3 is 0 Å². The highest BCUT2D eigenvalue weighted by atomic mass is 79.9. The zero-order valence-corrected chi connectivity index (χ0v) is 16.9. The molecule has 4 rings (SSSR count). The number of ether oxygens (including phenoxy) is 1. The van der Waals surface area contributed by atoms with Crippen LogP contribution in [0.25, 0.3) is 10.9 Å². The van der Waals surface area contributed by atoms with E-state index in [4.69, 9.17) is 4.74 Å². The normalized spacial score (nSPS) is 16.5.